The molecular formula is C17H19NO2. The van der Waals surface area contributed by atoms with Gasteiger partial charge in [-0.15, -0.1) is 0 Å². The first-order valence-corrected chi connectivity index (χ1v) is 7.57. The smallest absolute Gasteiger partial charge is 0.251 e. The maximum Gasteiger partial charge on any atom is 0.251 e. The van der Waals surface area contributed by atoms with Gasteiger partial charge in [-0.05, 0) is 55.2 Å². The van der Waals surface area contributed by atoms with Crippen molar-refractivity contribution in [1.82, 2.24) is 4.98 Å². The van der Waals surface area contributed by atoms with Crippen molar-refractivity contribution in [1.29, 1.82) is 0 Å². The Morgan fingerprint density at radius 2 is 2.00 bits per heavy atom. The van der Waals surface area contributed by atoms with Crippen LogP contribution in [0, 0.1) is 5.92 Å². The molecular weight excluding hydrogens is 250 g/mol. The van der Waals surface area contributed by atoms with Crippen LogP contribution in [-0.2, 0) is 19.3 Å². The number of aromatic nitrogens is 1. The van der Waals surface area contributed by atoms with Crippen LogP contribution in [0.3, 0.4) is 0 Å². The van der Waals surface area contributed by atoms with Gasteiger partial charge in [0.2, 0.25) is 0 Å². The molecule has 0 bridgehead atoms. The quantitative estimate of drug-likeness (QED) is 0.820. The molecule has 1 aromatic rings. The molecule has 1 aromatic heterocycles. The van der Waals surface area contributed by atoms with Crippen LogP contribution in [0.25, 0.3) is 5.57 Å². The van der Waals surface area contributed by atoms with Crippen LogP contribution in [0.15, 0.2) is 22.5 Å². The molecule has 2 N–H and O–H groups in total. The molecule has 0 radical (unpaired) electrons. The molecule has 3 heteroatoms. The van der Waals surface area contributed by atoms with E-state index < -0.39 is 0 Å². The number of rotatable bonds is 1. The van der Waals surface area contributed by atoms with Crippen LogP contribution in [0.1, 0.15) is 41.6 Å². The lowest BCUT2D eigenvalue weighted by molar-refractivity contribution is 0.246. The predicted molar refractivity (Wildman–Crippen MR) is 78.7 cm³/mol. The highest BCUT2D eigenvalue weighted by atomic mass is 16.3. The van der Waals surface area contributed by atoms with Gasteiger partial charge >= 0.3 is 0 Å². The standard InChI is InChI=1S/C17H19NO2/c19-9-10-4-3-7-12-14(10)8-15-11-5-1-2-6-13(11)17(20)18-16(12)15/h3,7,10,19H,1-2,4-6,8-9H2,(H,18,20). The molecule has 20 heavy (non-hydrogen) atoms. The van der Waals surface area contributed by atoms with E-state index in [0.717, 1.165) is 48.9 Å². The van der Waals surface area contributed by atoms with Gasteiger partial charge in [0, 0.05) is 18.1 Å². The summed E-state index contributed by atoms with van der Waals surface area (Å²) in [4.78, 5) is 15.4. The van der Waals surface area contributed by atoms with Crippen molar-refractivity contribution in [3.63, 3.8) is 0 Å². The Balaban J connectivity index is 1.90. The lowest BCUT2D eigenvalue weighted by Crippen LogP contribution is -2.22. The third-order valence-electron chi connectivity index (χ3n) is 5.05. The first-order chi connectivity index (χ1) is 9.79. The first kappa shape index (κ1) is 12.2. The molecule has 0 saturated heterocycles. The van der Waals surface area contributed by atoms with Gasteiger partial charge in [-0.1, -0.05) is 17.7 Å². The molecule has 3 aliphatic carbocycles. The summed E-state index contributed by atoms with van der Waals surface area (Å²) in [5.41, 5.74) is 7.25. The molecule has 3 nitrogen and oxygen atoms in total. The van der Waals surface area contributed by atoms with E-state index in [2.05, 4.69) is 17.1 Å². The maximum atomic E-state index is 12.3. The van der Waals surface area contributed by atoms with Crippen molar-refractivity contribution < 1.29 is 5.11 Å². The molecule has 0 fully saturated rings. The Morgan fingerprint density at radius 1 is 1.20 bits per heavy atom. The van der Waals surface area contributed by atoms with E-state index in [-0.39, 0.29) is 18.1 Å². The zero-order valence-electron chi connectivity index (χ0n) is 11.5. The second kappa shape index (κ2) is 4.45. The van der Waals surface area contributed by atoms with Crippen molar-refractivity contribution in [3.05, 3.63) is 50.5 Å². The molecule has 3 aliphatic rings. The Labute approximate surface area is 118 Å². The van der Waals surface area contributed by atoms with Gasteiger partial charge in [0.05, 0.1) is 5.69 Å². The zero-order valence-corrected chi connectivity index (χ0v) is 11.5. The molecule has 0 saturated carbocycles. The topological polar surface area (TPSA) is 53.1 Å². The average molecular weight is 269 g/mol. The fourth-order valence-electron chi connectivity index (χ4n) is 4.01. The molecule has 1 atom stereocenters. The summed E-state index contributed by atoms with van der Waals surface area (Å²) >= 11 is 0. The molecule has 0 aromatic carbocycles. The van der Waals surface area contributed by atoms with Gasteiger partial charge in [-0.25, -0.2) is 0 Å². The molecule has 0 aliphatic heterocycles. The van der Waals surface area contributed by atoms with E-state index in [1.807, 2.05) is 0 Å². The lowest BCUT2D eigenvalue weighted by atomic mass is 9.86. The molecule has 1 heterocycles. The highest BCUT2D eigenvalue weighted by Gasteiger charge is 2.31. The number of fused-ring (bicyclic) bond motifs is 4. The number of hydrogen-bond acceptors (Lipinski definition) is 2. The van der Waals surface area contributed by atoms with E-state index >= 15 is 0 Å². The predicted octanol–water partition coefficient (Wildman–Crippen LogP) is 2.13. The Morgan fingerprint density at radius 3 is 2.80 bits per heavy atom. The average Bonchev–Trinajstić information content (AvgIpc) is 2.86. The third-order valence-corrected chi connectivity index (χ3v) is 5.05. The SMILES string of the molecule is O=c1[nH]c2c(c3c1CCCC3)CC1=C2C=CCC1CO. The number of aliphatic hydroxyl groups excluding tert-OH is 1. The maximum absolute atomic E-state index is 12.3. The van der Waals surface area contributed by atoms with Crippen molar-refractivity contribution in [2.45, 2.75) is 38.5 Å². The molecule has 4 rings (SSSR count). The molecule has 1 unspecified atom stereocenters. The van der Waals surface area contributed by atoms with Gasteiger partial charge in [0.1, 0.15) is 0 Å². The minimum atomic E-state index is 0.103. The first-order valence-electron chi connectivity index (χ1n) is 7.57. The van der Waals surface area contributed by atoms with Crippen molar-refractivity contribution in [3.8, 4) is 0 Å². The zero-order chi connectivity index (χ0) is 13.7. The Hall–Kier alpha value is -1.61. The summed E-state index contributed by atoms with van der Waals surface area (Å²) in [6, 6.07) is 0. The van der Waals surface area contributed by atoms with Crippen LogP contribution < -0.4 is 5.56 Å². The Kier molecular flexibility index (Phi) is 2.71. The number of aromatic amines is 1. The van der Waals surface area contributed by atoms with Crippen LogP contribution in [0.4, 0.5) is 0 Å². The van der Waals surface area contributed by atoms with Crippen LogP contribution in [-0.4, -0.2) is 16.7 Å². The summed E-state index contributed by atoms with van der Waals surface area (Å²) in [7, 11) is 0. The number of aliphatic hydroxyl groups is 1. The van der Waals surface area contributed by atoms with Crippen LogP contribution in [0.5, 0.6) is 0 Å². The van der Waals surface area contributed by atoms with Crippen LogP contribution >= 0.6 is 0 Å². The number of nitrogens with one attached hydrogen (secondary N) is 1. The summed E-state index contributed by atoms with van der Waals surface area (Å²) < 4.78 is 0. The number of hydrogen-bond donors (Lipinski definition) is 2. The lowest BCUT2D eigenvalue weighted by Gasteiger charge is -2.19. The number of H-pyrrole nitrogens is 1. The molecule has 104 valence electrons. The van der Waals surface area contributed by atoms with Crippen molar-refractivity contribution in [2.75, 3.05) is 6.61 Å². The summed E-state index contributed by atoms with van der Waals surface area (Å²) in [6.45, 7) is 0.198. The van der Waals surface area contributed by atoms with Crippen molar-refractivity contribution in [2.24, 2.45) is 5.92 Å². The normalized spacial score (nSPS) is 23.6. The van der Waals surface area contributed by atoms with Gasteiger partial charge in [0.25, 0.3) is 5.56 Å². The minimum absolute atomic E-state index is 0.103. The fourth-order valence-corrected chi connectivity index (χ4v) is 4.01. The van der Waals surface area contributed by atoms with Gasteiger partial charge in [0.15, 0.2) is 0 Å². The fraction of sp³-hybridized carbons (Fsp3) is 0.471. The molecule has 0 spiro atoms. The van der Waals surface area contributed by atoms with Gasteiger partial charge in [-0.3, -0.25) is 4.79 Å². The van der Waals surface area contributed by atoms with Gasteiger partial charge < -0.3 is 10.1 Å². The summed E-state index contributed by atoms with van der Waals surface area (Å²) in [5, 5.41) is 9.57. The van der Waals surface area contributed by atoms with Crippen LogP contribution in [0.2, 0.25) is 0 Å². The highest BCUT2D eigenvalue weighted by Crippen LogP contribution is 2.42. The summed E-state index contributed by atoms with van der Waals surface area (Å²) in [5.74, 6) is 0.227. The summed E-state index contributed by atoms with van der Waals surface area (Å²) in [6.07, 6.45) is 10.3. The second-order valence-corrected chi connectivity index (χ2v) is 6.11. The Bertz CT molecular complexity index is 694. The molecule has 0 amide bonds. The van der Waals surface area contributed by atoms with E-state index in [1.54, 1.807) is 0 Å². The van der Waals surface area contributed by atoms with E-state index in [9.17, 15) is 9.90 Å². The highest BCUT2D eigenvalue weighted by molar-refractivity contribution is 5.83. The van der Waals surface area contributed by atoms with E-state index in [1.165, 1.54) is 23.1 Å². The third kappa shape index (κ3) is 1.59. The second-order valence-electron chi connectivity index (χ2n) is 6.11. The van der Waals surface area contributed by atoms with Gasteiger partial charge in [-0.2, -0.15) is 0 Å². The largest absolute Gasteiger partial charge is 0.396 e. The minimum Gasteiger partial charge on any atom is -0.396 e. The number of pyridine rings is 1. The van der Waals surface area contributed by atoms with Crippen molar-refractivity contribution >= 4 is 5.57 Å². The van der Waals surface area contributed by atoms with E-state index in [4.69, 9.17) is 0 Å². The van der Waals surface area contributed by atoms with E-state index in [0.29, 0.717) is 0 Å². The monoisotopic (exact) mass is 269 g/mol. The number of allylic oxidation sites excluding steroid dienone is 3.